The number of likely N-dealkylation sites (N-methyl/N-ethyl adjacent to an activating group) is 1. The Hall–Kier alpha value is -1.80. The Balaban J connectivity index is 1.91. The van der Waals surface area contributed by atoms with Crippen LogP contribution in [0.15, 0.2) is 30.3 Å². The van der Waals surface area contributed by atoms with Crippen LogP contribution in [-0.4, -0.2) is 22.6 Å². The lowest BCUT2D eigenvalue weighted by Crippen LogP contribution is -2.38. The Kier molecular flexibility index (Phi) is 4.11. The summed E-state index contributed by atoms with van der Waals surface area (Å²) >= 11 is 7.89. The molecule has 1 aliphatic heterocycles. The van der Waals surface area contributed by atoms with Crippen molar-refractivity contribution < 1.29 is 4.39 Å². The van der Waals surface area contributed by atoms with E-state index in [-0.39, 0.29) is 5.82 Å². The van der Waals surface area contributed by atoms with E-state index in [4.69, 9.17) is 11.6 Å². The van der Waals surface area contributed by atoms with Gasteiger partial charge in [-0.15, -0.1) is 11.3 Å². The van der Waals surface area contributed by atoms with Crippen LogP contribution in [-0.2, 0) is 6.42 Å². The van der Waals surface area contributed by atoms with Crippen LogP contribution in [0.5, 0.6) is 0 Å². The largest absolute Gasteiger partial charge is 0.296 e. The number of halogens is 2. The van der Waals surface area contributed by atoms with E-state index in [1.807, 2.05) is 12.1 Å². The zero-order chi connectivity index (χ0) is 17.7. The van der Waals surface area contributed by atoms with E-state index >= 15 is 0 Å². The number of hydrogen-bond donors (Lipinski definition) is 0. The third kappa shape index (κ3) is 2.77. The van der Waals surface area contributed by atoms with Gasteiger partial charge in [0.2, 0.25) is 0 Å². The first kappa shape index (κ1) is 16.7. The van der Waals surface area contributed by atoms with Gasteiger partial charge in [-0.25, -0.2) is 4.39 Å². The molecule has 0 radical (unpaired) electrons. The average molecular weight is 373 g/mol. The summed E-state index contributed by atoms with van der Waals surface area (Å²) in [6.07, 6.45) is 0.938. The minimum absolute atomic E-state index is 0.270. The van der Waals surface area contributed by atoms with Gasteiger partial charge in [0.15, 0.2) is 0 Å². The molecule has 2 aromatic heterocycles. The Bertz CT molecular complexity index is 1020. The summed E-state index contributed by atoms with van der Waals surface area (Å²) in [4.78, 5) is 2.39. The van der Waals surface area contributed by atoms with Crippen LogP contribution in [0.2, 0.25) is 4.34 Å². The maximum Gasteiger partial charge on any atom is 0.124 e. The first-order chi connectivity index (χ1) is 12.0. The molecule has 128 valence electrons. The summed E-state index contributed by atoms with van der Waals surface area (Å²) in [5.41, 5.74) is 4.30. The predicted molar refractivity (Wildman–Crippen MR) is 103 cm³/mol. The molecule has 0 saturated heterocycles. The van der Waals surface area contributed by atoms with E-state index in [1.165, 1.54) is 28.1 Å². The van der Waals surface area contributed by atoms with Crippen molar-refractivity contribution in [3.8, 4) is 12.0 Å². The summed E-state index contributed by atoms with van der Waals surface area (Å²) in [6.45, 7) is 4.46. The molecule has 0 N–H and O–H groups in total. The molecule has 1 aromatic carbocycles. The maximum absolute atomic E-state index is 13.4. The van der Waals surface area contributed by atoms with Crippen molar-refractivity contribution in [1.82, 2.24) is 9.47 Å². The highest BCUT2D eigenvalue weighted by Gasteiger charge is 2.32. The Morgan fingerprint density at radius 2 is 2.08 bits per heavy atom. The van der Waals surface area contributed by atoms with Crippen molar-refractivity contribution in [2.45, 2.75) is 32.4 Å². The molecule has 3 heterocycles. The number of nitrogens with zero attached hydrogens (tertiary/aromatic N) is 2. The summed E-state index contributed by atoms with van der Waals surface area (Å²) in [7, 11) is 2.16. The smallest absolute Gasteiger partial charge is 0.124 e. The minimum atomic E-state index is -0.270. The molecule has 0 aliphatic carbocycles. The highest BCUT2D eigenvalue weighted by molar-refractivity contribution is 7.22. The molecule has 0 fully saturated rings. The molecule has 2 unspecified atom stereocenters. The van der Waals surface area contributed by atoms with Gasteiger partial charge in [0.25, 0.3) is 0 Å². The molecule has 2 atom stereocenters. The van der Waals surface area contributed by atoms with E-state index in [0.717, 1.165) is 16.3 Å². The average Bonchev–Trinajstić information content (AvgIpc) is 3.06. The molecule has 3 aromatic rings. The molecule has 0 spiro atoms. The molecule has 0 saturated carbocycles. The summed E-state index contributed by atoms with van der Waals surface area (Å²) in [6, 6.07) is 12.4. The van der Waals surface area contributed by atoms with Crippen LogP contribution in [0.1, 0.15) is 36.7 Å². The van der Waals surface area contributed by atoms with Gasteiger partial charge in [-0.05, 0) is 51.1 Å². The lowest BCUT2D eigenvalue weighted by atomic mass is 9.96. The quantitative estimate of drug-likeness (QED) is 0.487. The molecule has 4 rings (SSSR count). The second kappa shape index (κ2) is 6.17. The van der Waals surface area contributed by atoms with Gasteiger partial charge in [-0.3, -0.25) is 9.47 Å². The summed E-state index contributed by atoms with van der Waals surface area (Å²) in [5.74, 6) is 2.83. The zero-order valence-electron chi connectivity index (χ0n) is 14.3. The zero-order valence-corrected chi connectivity index (χ0v) is 15.9. The molecule has 1 aliphatic rings. The topological polar surface area (TPSA) is 8.17 Å². The van der Waals surface area contributed by atoms with Crippen molar-refractivity contribution in [3.05, 3.63) is 57.3 Å². The Morgan fingerprint density at radius 3 is 2.84 bits per heavy atom. The van der Waals surface area contributed by atoms with Gasteiger partial charge < -0.3 is 0 Å². The van der Waals surface area contributed by atoms with Crippen molar-refractivity contribution in [2.24, 2.45) is 0 Å². The van der Waals surface area contributed by atoms with E-state index in [9.17, 15) is 4.39 Å². The SMILES string of the molecule is CC1Cc2c(c3sc(Cl)cc3n2C#Cc2cccc(F)c2)C(C)N1C. The van der Waals surface area contributed by atoms with Gasteiger partial charge in [-0.2, -0.15) is 0 Å². The van der Waals surface area contributed by atoms with Crippen molar-refractivity contribution in [3.63, 3.8) is 0 Å². The number of benzene rings is 1. The molecule has 25 heavy (non-hydrogen) atoms. The van der Waals surface area contributed by atoms with Gasteiger partial charge >= 0.3 is 0 Å². The Labute approximate surface area is 155 Å². The number of thiophene rings is 1. The van der Waals surface area contributed by atoms with Gasteiger partial charge in [0, 0.05) is 41.4 Å². The van der Waals surface area contributed by atoms with E-state index in [0.29, 0.717) is 17.6 Å². The summed E-state index contributed by atoms with van der Waals surface area (Å²) in [5, 5.41) is 0. The van der Waals surface area contributed by atoms with E-state index in [2.05, 4.69) is 42.3 Å². The summed E-state index contributed by atoms with van der Waals surface area (Å²) < 4.78 is 17.4. The maximum atomic E-state index is 13.4. The second-order valence-corrected chi connectivity index (χ2v) is 8.29. The fourth-order valence-corrected chi connectivity index (χ4v) is 4.92. The predicted octanol–water partition coefficient (Wildman–Crippen LogP) is 5.29. The fraction of sp³-hybridized carbons (Fsp3) is 0.300. The third-order valence-electron chi connectivity index (χ3n) is 5.10. The first-order valence-corrected chi connectivity index (χ1v) is 9.47. The monoisotopic (exact) mass is 372 g/mol. The lowest BCUT2D eigenvalue weighted by molar-refractivity contribution is 0.179. The third-order valence-corrected chi connectivity index (χ3v) is 6.38. The normalized spacial score (nSPS) is 20.4. The van der Waals surface area contributed by atoms with E-state index < -0.39 is 0 Å². The first-order valence-electron chi connectivity index (χ1n) is 8.27. The fourth-order valence-electron chi connectivity index (χ4n) is 3.56. The highest BCUT2D eigenvalue weighted by atomic mass is 35.5. The van der Waals surface area contributed by atoms with Gasteiger partial charge in [0.1, 0.15) is 5.82 Å². The highest BCUT2D eigenvalue weighted by Crippen LogP contribution is 2.43. The van der Waals surface area contributed by atoms with Crippen molar-refractivity contribution >= 4 is 33.2 Å². The molecule has 5 heteroatoms. The van der Waals surface area contributed by atoms with Crippen LogP contribution in [0.3, 0.4) is 0 Å². The Morgan fingerprint density at radius 1 is 1.28 bits per heavy atom. The van der Waals surface area contributed by atoms with Crippen molar-refractivity contribution in [1.29, 1.82) is 0 Å². The second-order valence-electron chi connectivity index (χ2n) is 6.60. The standard InChI is InChI=1S/C20H18ClFN2S/c1-12-9-16-19(13(2)23(12)3)20-17(11-18(21)25-20)24(16)8-7-14-5-4-6-15(22)10-14/h4-6,10-13H,9H2,1-3H3. The number of aromatic nitrogens is 1. The molecular weight excluding hydrogens is 355 g/mol. The van der Waals surface area contributed by atoms with Crippen LogP contribution >= 0.6 is 22.9 Å². The van der Waals surface area contributed by atoms with Crippen LogP contribution in [0, 0.1) is 17.8 Å². The van der Waals surface area contributed by atoms with Crippen LogP contribution in [0.25, 0.3) is 10.2 Å². The van der Waals surface area contributed by atoms with Crippen molar-refractivity contribution in [2.75, 3.05) is 7.05 Å². The number of hydrogen-bond acceptors (Lipinski definition) is 2. The van der Waals surface area contributed by atoms with Crippen LogP contribution in [0.4, 0.5) is 4.39 Å². The lowest BCUT2D eigenvalue weighted by Gasteiger charge is -2.36. The van der Waals surface area contributed by atoms with Gasteiger partial charge in [0.05, 0.1) is 14.6 Å². The minimum Gasteiger partial charge on any atom is -0.296 e. The molecular formula is C20H18ClFN2S. The molecule has 0 bridgehead atoms. The molecule has 2 nitrogen and oxygen atoms in total. The van der Waals surface area contributed by atoms with E-state index in [1.54, 1.807) is 17.4 Å². The van der Waals surface area contributed by atoms with Crippen LogP contribution < -0.4 is 0 Å². The van der Waals surface area contributed by atoms with Gasteiger partial charge in [-0.1, -0.05) is 17.7 Å². The number of rotatable bonds is 0. The molecule has 0 amide bonds. The number of fused-ring (bicyclic) bond motifs is 3.